The standard InChI is InChI=1S/C24H35NO2/c1-18-11-13-19(14-12-18)16-27-22-20(9-8-10-21(22)26-7)15-25-24(5,6)17-23(2,3)4/h8-14,25H,15-17H2,1-7H3. The van der Waals surface area contributed by atoms with E-state index in [1.807, 2.05) is 12.1 Å². The van der Waals surface area contributed by atoms with Gasteiger partial charge in [0.1, 0.15) is 6.61 Å². The van der Waals surface area contributed by atoms with Gasteiger partial charge >= 0.3 is 0 Å². The fourth-order valence-electron chi connectivity index (χ4n) is 3.59. The van der Waals surface area contributed by atoms with E-state index in [9.17, 15) is 0 Å². The first kappa shape index (κ1) is 21.3. The normalized spacial score (nSPS) is 12.1. The van der Waals surface area contributed by atoms with Crippen LogP contribution in [0.1, 0.15) is 57.7 Å². The summed E-state index contributed by atoms with van der Waals surface area (Å²) in [5, 5.41) is 3.69. The van der Waals surface area contributed by atoms with Crippen LogP contribution in [0.5, 0.6) is 11.5 Å². The van der Waals surface area contributed by atoms with Gasteiger partial charge in [0.2, 0.25) is 0 Å². The molecule has 0 saturated carbocycles. The van der Waals surface area contributed by atoms with Crippen LogP contribution in [0.2, 0.25) is 0 Å². The van der Waals surface area contributed by atoms with Gasteiger partial charge in [-0.05, 0) is 44.2 Å². The molecule has 2 aromatic carbocycles. The van der Waals surface area contributed by atoms with E-state index >= 15 is 0 Å². The maximum atomic E-state index is 6.19. The van der Waals surface area contributed by atoms with Gasteiger partial charge in [0.05, 0.1) is 7.11 Å². The maximum Gasteiger partial charge on any atom is 0.166 e. The van der Waals surface area contributed by atoms with Crippen molar-refractivity contribution in [2.45, 2.75) is 66.7 Å². The summed E-state index contributed by atoms with van der Waals surface area (Å²) in [5.41, 5.74) is 3.83. The quantitative estimate of drug-likeness (QED) is 0.629. The Morgan fingerprint density at radius 3 is 2.19 bits per heavy atom. The number of ether oxygens (including phenoxy) is 2. The van der Waals surface area contributed by atoms with Crippen molar-refractivity contribution in [3.8, 4) is 11.5 Å². The zero-order valence-electron chi connectivity index (χ0n) is 18.0. The minimum absolute atomic E-state index is 0.0373. The first-order chi connectivity index (χ1) is 12.6. The summed E-state index contributed by atoms with van der Waals surface area (Å²) >= 11 is 0. The van der Waals surface area contributed by atoms with E-state index in [1.165, 1.54) is 5.56 Å². The molecule has 1 N–H and O–H groups in total. The van der Waals surface area contributed by atoms with Crippen molar-refractivity contribution in [1.29, 1.82) is 0 Å². The molecule has 0 aliphatic heterocycles. The Kier molecular flexibility index (Phi) is 6.94. The van der Waals surface area contributed by atoms with Crippen LogP contribution in [0.3, 0.4) is 0 Å². The van der Waals surface area contributed by atoms with Crippen LogP contribution in [0.4, 0.5) is 0 Å². The molecule has 0 radical (unpaired) electrons. The van der Waals surface area contributed by atoms with Crippen molar-refractivity contribution in [1.82, 2.24) is 5.32 Å². The highest BCUT2D eigenvalue weighted by Gasteiger charge is 2.25. The fraction of sp³-hybridized carbons (Fsp3) is 0.500. The van der Waals surface area contributed by atoms with Gasteiger partial charge < -0.3 is 14.8 Å². The minimum Gasteiger partial charge on any atom is -0.493 e. The van der Waals surface area contributed by atoms with Crippen LogP contribution in [0, 0.1) is 12.3 Å². The first-order valence-corrected chi connectivity index (χ1v) is 9.69. The third kappa shape index (κ3) is 6.91. The second-order valence-corrected chi connectivity index (χ2v) is 9.20. The third-order valence-corrected chi connectivity index (χ3v) is 4.51. The van der Waals surface area contributed by atoms with Crippen LogP contribution >= 0.6 is 0 Å². The van der Waals surface area contributed by atoms with Crippen LogP contribution < -0.4 is 14.8 Å². The predicted molar refractivity (Wildman–Crippen MR) is 113 cm³/mol. The van der Waals surface area contributed by atoms with Crippen molar-refractivity contribution < 1.29 is 9.47 Å². The third-order valence-electron chi connectivity index (χ3n) is 4.51. The molecule has 0 heterocycles. The van der Waals surface area contributed by atoms with Crippen molar-refractivity contribution in [3.05, 3.63) is 59.2 Å². The zero-order chi connectivity index (χ0) is 20.1. The Labute approximate surface area is 165 Å². The number of hydrogen-bond acceptors (Lipinski definition) is 3. The second-order valence-electron chi connectivity index (χ2n) is 9.20. The molecule has 0 aliphatic rings. The number of nitrogens with one attached hydrogen (secondary N) is 1. The Balaban J connectivity index is 2.13. The van der Waals surface area contributed by atoms with E-state index in [-0.39, 0.29) is 11.0 Å². The lowest BCUT2D eigenvalue weighted by Crippen LogP contribution is -2.41. The van der Waals surface area contributed by atoms with Gasteiger partial charge in [-0.15, -0.1) is 0 Å². The summed E-state index contributed by atoms with van der Waals surface area (Å²) in [7, 11) is 1.69. The van der Waals surface area contributed by atoms with E-state index in [4.69, 9.17) is 9.47 Å². The summed E-state index contributed by atoms with van der Waals surface area (Å²) in [6.45, 7) is 14.7. The maximum absolute atomic E-state index is 6.19. The molecule has 0 bridgehead atoms. The van der Waals surface area contributed by atoms with Gasteiger partial charge in [-0.2, -0.15) is 0 Å². The Morgan fingerprint density at radius 1 is 0.926 bits per heavy atom. The Bertz CT molecular complexity index is 727. The molecule has 27 heavy (non-hydrogen) atoms. The highest BCUT2D eigenvalue weighted by molar-refractivity contribution is 5.46. The first-order valence-electron chi connectivity index (χ1n) is 9.69. The van der Waals surface area contributed by atoms with Crippen LogP contribution in [-0.4, -0.2) is 12.6 Å². The summed E-state index contributed by atoms with van der Waals surface area (Å²) < 4.78 is 11.7. The van der Waals surface area contributed by atoms with E-state index in [1.54, 1.807) is 7.11 Å². The molecular formula is C24H35NO2. The predicted octanol–water partition coefficient (Wildman–Crippen LogP) is 5.89. The molecule has 148 valence electrons. The summed E-state index contributed by atoms with van der Waals surface area (Å²) in [6.07, 6.45) is 1.09. The average Bonchev–Trinajstić information content (AvgIpc) is 2.57. The zero-order valence-corrected chi connectivity index (χ0v) is 18.0. The smallest absolute Gasteiger partial charge is 0.166 e. The number of benzene rings is 2. The minimum atomic E-state index is 0.0373. The van der Waals surface area contributed by atoms with Crippen LogP contribution in [0.15, 0.2) is 42.5 Å². The van der Waals surface area contributed by atoms with Crippen LogP contribution in [0.25, 0.3) is 0 Å². The lowest BCUT2D eigenvalue weighted by Gasteiger charge is -2.33. The van der Waals surface area contributed by atoms with E-state index in [2.05, 4.69) is 77.2 Å². The average molecular weight is 370 g/mol. The lowest BCUT2D eigenvalue weighted by molar-refractivity contribution is 0.237. The molecule has 2 aromatic rings. The van der Waals surface area contributed by atoms with E-state index < -0.39 is 0 Å². The van der Waals surface area contributed by atoms with Crippen LogP contribution in [-0.2, 0) is 13.2 Å². The summed E-state index contributed by atoms with van der Waals surface area (Å²) in [5.74, 6) is 1.59. The molecule has 3 heteroatoms. The number of methoxy groups -OCH3 is 1. The summed E-state index contributed by atoms with van der Waals surface area (Å²) in [6, 6.07) is 14.5. The van der Waals surface area contributed by atoms with Gasteiger partial charge in [-0.1, -0.05) is 62.7 Å². The van der Waals surface area contributed by atoms with E-state index in [0.717, 1.165) is 35.6 Å². The highest BCUT2D eigenvalue weighted by atomic mass is 16.5. The van der Waals surface area contributed by atoms with Crippen molar-refractivity contribution in [3.63, 3.8) is 0 Å². The largest absolute Gasteiger partial charge is 0.493 e. The molecular weight excluding hydrogens is 334 g/mol. The number of rotatable bonds is 8. The van der Waals surface area contributed by atoms with Gasteiger partial charge in [0, 0.05) is 17.6 Å². The molecule has 0 aliphatic carbocycles. The molecule has 0 aromatic heterocycles. The van der Waals surface area contributed by atoms with Gasteiger partial charge in [-0.25, -0.2) is 0 Å². The molecule has 0 atom stereocenters. The van der Waals surface area contributed by atoms with E-state index in [0.29, 0.717) is 6.61 Å². The second kappa shape index (κ2) is 8.79. The SMILES string of the molecule is COc1cccc(CNC(C)(C)CC(C)(C)C)c1OCc1ccc(C)cc1. The summed E-state index contributed by atoms with van der Waals surface area (Å²) in [4.78, 5) is 0. The van der Waals surface area contributed by atoms with Crippen molar-refractivity contribution in [2.75, 3.05) is 7.11 Å². The number of aryl methyl sites for hydroxylation is 1. The Morgan fingerprint density at radius 2 is 1.59 bits per heavy atom. The Hall–Kier alpha value is -2.00. The van der Waals surface area contributed by atoms with Crippen molar-refractivity contribution in [2.24, 2.45) is 5.41 Å². The lowest BCUT2D eigenvalue weighted by atomic mass is 9.82. The molecule has 0 saturated heterocycles. The van der Waals surface area contributed by atoms with Gasteiger partial charge in [0.25, 0.3) is 0 Å². The van der Waals surface area contributed by atoms with Gasteiger partial charge in [0.15, 0.2) is 11.5 Å². The molecule has 0 amide bonds. The monoisotopic (exact) mass is 369 g/mol. The molecule has 2 rings (SSSR count). The molecule has 0 unspecified atom stereocenters. The number of hydrogen-bond donors (Lipinski definition) is 1. The highest BCUT2D eigenvalue weighted by Crippen LogP contribution is 2.33. The molecule has 3 nitrogen and oxygen atoms in total. The van der Waals surface area contributed by atoms with Gasteiger partial charge in [-0.3, -0.25) is 0 Å². The van der Waals surface area contributed by atoms with Crippen molar-refractivity contribution >= 4 is 0 Å². The topological polar surface area (TPSA) is 30.5 Å². The molecule has 0 spiro atoms. The molecule has 0 fully saturated rings. The number of para-hydroxylation sites is 1. The fourth-order valence-corrected chi connectivity index (χ4v) is 3.59.